The number of nitrogens with one attached hydrogen (secondary N) is 1. The van der Waals surface area contributed by atoms with Crippen molar-refractivity contribution >= 4 is 26.8 Å². The van der Waals surface area contributed by atoms with Gasteiger partial charge in [-0.15, -0.1) is 0 Å². The maximum atomic E-state index is 5.21. The number of pyridine rings is 1. The van der Waals surface area contributed by atoms with Crippen LogP contribution in [0.3, 0.4) is 0 Å². The second-order valence-corrected chi connectivity index (χ2v) is 5.45. The van der Waals surface area contributed by atoms with Crippen molar-refractivity contribution in [3.8, 4) is 0 Å². The predicted octanol–water partition coefficient (Wildman–Crippen LogP) is 4.29. The molecule has 20 heavy (non-hydrogen) atoms. The van der Waals surface area contributed by atoms with Gasteiger partial charge >= 0.3 is 0 Å². The molecule has 1 atom stereocenters. The number of para-hydroxylation sites is 1. The highest BCUT2D eigenvalue weighted by Gasteiger charge is 2.19. The van der Waals surface area contributed by atoms with Crippen LogP contribution in [-0.4, -0.2) is 11.5 Å². The van der Waals surface area contributed by atoms with Gasteiger partial charge in [0.25, 0.3) is 0 Å². The summed E-state index contributed by atoms with van der Waals surface area (Å²) >= 11 is 3.64. The van der Waals surface area contributed by atoms with E-state index in [9.17, 15) is 0 Å². The molecule has 2 aromatic heterocycles. The molecule has 0 spiro atoms. The topological polar surface area (TPSA) is 38.1 Å². The summed E-state index contributed by atoms with van der Waals surface area (Å²) in [7, 11) is 0. The minimum Gasteiger partial charge on any atom is -0.472 e. The van der Waals surface area contributed by atoms with Gasteiger partial charge in [0.15, 0.2) is 0 Å². The van der Waals surface area contributed by atoms with Crippen molar-refractivity contribution in [1.29, 1.82) is 0 Å². The quantitative estimate of drug-likeness (QED) is 0.775. The number of benzene rings is 1. The summed E-state index contributed by atoms with van der Waals surface area (Å²) in [5.74, 6) is 0. The maximum absolute atomic E-state index is 5.21. The zero-order valence-electron chi connectivity index (χ0n) is 11.1. The molecule has 102 valence electrons. The number of fused-ring (bicyclic) bond motifs is 1. The first kappa shape index (κ1) is 13.3. The smallest absolute Gasteiger partial charge is 0.0954 e. The lowest BCUT2D eigenvalue weighted by Crippen LogP contribution is -2.23. The summed E-state index contributed by atoms with van der Waals surface area (Å²) in [4.78, 5) is 4.80. The van der Waals surface area contributed by atoms with Crippen molar-refractivity contribution in [2.75, 3.05) is 6.54 Å². The van der Waals surface area contributed by atoms with Crippen LogP contribution in [-0.2, 0) is 0 Å². The van der Waals surface area contributed by atoms with Gasteiger partial charge in [-0.3, -0.25) is 0 Å². The molecule has 3 aromatic rings. The van der Waals surface area contributed by atoms with Gasteiger partial charge in [-0.25, -0.2) is 4.98 Å². The molecule has 0 saturated carbocycles. The largest absolute Gasteiger partial charge is 0.472 e. The molecule has 0 fully saturated rings. The molecule has 1 N–H and O–H groups in total. The monoisotopic (exact) mass is 330 g/mol. The van der Waals surface area contributed by atoms with E-state index in [2.05, 4.69) is 40.3 Å². The Kier molecular flexibility index (Phi) is 3.85. The lowest BCUT2D eigenvalue weighted by molar-refractivity contribution is 0.550. The van der Waals surface area contributed by atoms with Gasteiger partial charge < -0.3 is 9.73 Å². The highest BCUT2D eigenvalue weighted by molar-refractivity contribution is 9.10. The Morgan fingerprint density at radius 1 is 1.30 bits per heavy atom. The third kappa shape index (κ3) is 2.49. The highest BCUT2D eigenvalue weighted by atomic mass is 79.9. The number of nitrogens with zero attached hydrogens (tertiary/aromatic N) is 1. The number of halogens is 1. The second kappa shape index (κ2) is 5.77. The van der Waals surface area contributed by atoms with Crippen molar-refractivity contribution in [3.63, 3.8) is 0 Å². The number of hydrogen-bond donors (Lipinski definition) is 1. The van der Waals surface area contributed by atoms with Crippen LogP contribution in [0, 0.1) is 0 Å². The number of furan rings is 1. The van der Waals surface area contributed by atoms with Crippen LogP contribution in [0.25, 0.3) is 10.9 Å². The van der Waals surface area contributed by atoms with E-state index in [4.69, 9.17) is 9.40 Å². The minimum absolute atomic E-state index is 0.0257. The van der Waals surface area contributed by atoms with Crippen molar-refractivity contribution < 1.29 is 4.42 Å². The van der Waals surface area contributed by atoms with Crippen LogP contribution in [0.4, 0.5) is 0 Å². The Balaban J connectivity index is 2.13. The molecular formula is C16H15BrN2O. The second-order valence-electron chi connectivity index (χ2n) is 4.60. The standard InChI is InChI=1S/C16H15BrN2O/c1-2-18-15(12-7-8-20-10-12)16-13(17)9-11-5-3-4-6-14(11)19-16/h3-10,15,18H,2H2,1H3. The van der Waals surface area contributed by atoms with E-state index in [1.807, 2.05) is 24.3 Å². The van der Waals surface area contributed by atoms with Gasteiger partial charge in [0.1, 0.15) is 0 Å². The Morgan fingerprint density at radius 3 is 2.90 bits per heavy atom. The Morgan fingerprint density at radius 2 is 2.15 bits per heavy atom. The average molecular weight is 331 g/mol. The minimum atomic E-state index is 0.0257. The van der Waals surface area contributed by atoms with Crippen LogP contribution in [0.15, 0.2) is 57.8 Å². The lowest BCUT2D eigenvalue weighted by atomic mass is 10.1. The highest BCUT2D eigenvalue weighted by Crippen LogP contribution is 2.30. The average Bonchev–Trinajstić information content (AvgIpc) is 2.98. The van der Waals surface area contributed by atoms with Gasteiger partial charge in [0, 0.05) is 15.4 Å². The van der Waals surface area contributed by atoms with Crippen molar-refractivity contribution in [2.24, 2.45) is 0 Å². The van der Waals surface area contributed by atoms with Crippen LogP contribution in [0.1, 0.15) is 24.2 Å². The van der Waals surface area contributed by atoms with Crippen LogP contribution < -0.4 is 5.32 Å². The van der Waals surface area contributed by atoms with E-state index < -0.39 is 0 Å². The molecule has 3 rings (SSSR count). The van der Waals surface area contributed by atoms with Crippen LogP contribution in [0.5, 0.6) is 0 Å². The third-order valence-corrected chi connectivity index (χ3v) is 3.90. The van der Waals surface area contributed by atoms with E-state index in [-0.39, 0.29) is 6.04 Å². The molecular weight excluding hydrogens is 316 g/mol. The van der Waals surface area contributed by atoms with E-state index in [1.54, 1.807) is 12.5 Å². The summed E-state index contributed by atoms with van der Waals surface area (Å²) in [6.45, 7) is 2.94. The first-order chi connectivity index (χ1) is 9.79. The van der Waals surface area contributed by atoms with Gasteiger partial charge in [-0.2, -0.15) is 0 Å². The Bertz CT molecular complexity index is 710. The predicted molar refractivity (Wildman–Crippen MR) is 83.7 cm³/mol. The number of hydrogen-bond acceptors (Lipinski definition) is 3. The number of aromatic nitrogens is 1. The summed E-state index contributed by atoms with van der Waals surface area (Å²) in [6, 6.07) is 12.2. The third-order valence-electron chi connectivity index (χ3n) is 3.26. The van der Waals surface area contributed by atoms with Crippen LogP contribution >= 0.6 is 15.9 Å². The fourth-order valence-electron chi connectivity index (χ4n) is 2.32. The summed E-state index contributed by atoms with van der Waals surface area (Å²) in [5.41, 5.74) is 3.05. The Hall–Kier alpha value is -1.65. The van der Waals surface area contributed by atoms with E-state index >= 15 is 0 Å². The fourth-order valence-corrected chi connectivity index (χ4v) is 2.89. The first-order valence-corrected chi connectivity index (χ1v) is 7.39. The molecule has 0 aliphatic carbocycles. The zero-order chi connectivity index (χ0) is 13.9. The molecule has 0 aliphatic heterocycles. The normalized spacial score (nSPS) is 12.7. The molecule has 2 heterocycles. The SMILES string of the molecule is CCNC(c1ccoc1)c1nc2ccccc2cc1Br. The maximum Gasteiger partial charge on any atom is 0.0954 e. The van der Waals surface area contributed by atoms with E-state index in [0.29, 0.717) is 0 Å². The molecule has 0 bridgehead atoms. The van der Waals surface area contributed by atoms with Gasteiger partial charge in [-0.1, -0.05) is 25.1 Å². The zero-order valence-corrected chi connectivity index (χ0v) is 12.7. The summed E-state index contributed by atoms with van der Waals surface area (Å²) < 4.78 is 6.21. The van der Waals surface area contributed by atoms with Crippen molar-refractivity contribution in [2.45, 2.75) is 13.0 Å². The molecule has 0 saturated heterocycles. The fraction of sp³-hybridized carbons (Fsp3) is 0.188. The van der Waals surface area contributed by atoms with Crippen LogP contribution in [0.2, 0.25) is 0 Å². The molecule has 3 nitrogen and oxygen atoms in total. The number of rotatable bonds is 4. The molecule has 0 amide bonds. The van der Waals surface area contributed by atoms with E-state index in [1.165, 1.54) is 0 Å². The summed E-state index contributed by atoms with van der Waals surface area (Å²) in [6.07, 6.45) is 3.45. The van der Waals surface area contributed by atoms with Gasteiger partial charge in [0.05, 0.1) is 29.8 Å². The molecule has 0 aliphatic rings. The van der Waals surface area contributed by atoms with Gasteiger partial charge in [0.2, 0.25) is 0 Å². The lowest BCUT2D eigenvalue weighted by Gasteiger charge is -2.18. The first-order valence-electron chi connectivity index (χ1n) is 6.60. The molecule has 0 radical (unpaired) electrons. The molecule has 1 unspecified atom stereocenters. The van der Waals surface area contributed by atoms with Gasteiger partial charge in [-0.05, 0) is 40.7 Å². The molecule has 4 heteroatoms. The Labute approximate surface area is 126 Å². The molecule has 1 aromatic carbocycles. The van der Waals surface area contributed by atoms with E-state index in [0.717, 1.165) is 33.2 Å². The van der Waals surface area contributed by atoms with Crippen molar-refractivity contribution in [3.05, 3.63) is 64.7 Å². The van der Waals surface area contributed by atoms with Crippen molar-refractivity contribution in [1.82, 2.24) is 10.3 Å². The summed E-state index contributed by atoms with van der Waals surface area (Å²) in [5, 5.41) is 4.58.